The minimum Gasteiger partial charge on any atom is -0.322 e. The normalized spacial score (nSPS) is 10.2. The van der Waals surface area contributed by atoms with Gasteiger partial charge in [0.05, 0.1) is 28.0 Å². The van der Waals surface area contributed by atoms with Crippen LogP contribution >= 0.6 is 11.3 Å². The van der Waals surface area contributed by atoms with Crippen LogP contribution in [0.5, 0.6) is 0 Å². The predicted octanol–water partition coefficient (Wildman–Crippen LogP) is 4.89. The zero-order chi connectivity index (χ0) is 19.3. The number of carbonyl (C=O) groups excluding carboxylic acids is 1. The Balaban J connectivity index is 1.53. The van der Waals surface area contributed by atoms with Gasteiger partial charge in [0.2, 0.25) is 0 Å². The third kappa shape index (κ3) is 3.88. The quantitative estimate of drug-likeness (QED) is 0.512. The van der Waals surface area contributed by atoms with E-state index in [1.807, 2.05) is 79.0 Å². The summed E-state index contributed by atoms with van der Waals surface area (Å²) < 4.78 is 1.76. The molecule has 0 aliphatic carbocycles. The molecule has 0 atom stereocenters. The lowest BCUT2D eigenvalue weighted by Crippen LogP contribution is -2.13. The van der Waals surface area contributed by atoms with Crippen molar-refractivity contribution in [3.63, 3.8) is 0 Å². The van der Waals surface area contributed by atoms with Gasteiger partial charge in [-0.2, -0.15) is 5.10 Å². The Morgan fingerprint density at radius 1 is 1.04 bits per heavy atom. The second-order valence-electron chi connectivity index (χ2n) is 6.15. The summed E-state index contributed by atoms with van der Waals surface area (Å²) in [5.41, 5.74) is 3.80. The van der Waals surface area contributed by atoms with Gasteiger partial charge in [-0.1, -0.05) is 42.2 Å². The van der Waals surface area contributed by atoms with Crippen LogP contribution in [0.25, 0.3) is 5.69 Å². The SMILES string of the molecule is Cc1c(C(=O)Nc2cccc(C#Cc3cccs3)c2)cnn1-c1ccccc1. The van der Waals surface area contributed by atoms with Gasteiger partial charge in [-0.05, 0) is 48.7 Å². The van der Waals surface area contributed by atoms with Crippen molar-refractivity contribution in [3.8, 4) is 17.5 Å². The van der Waals surface area contributed by atoms with Crippen LogP contribution in [0.2, 0.25) is 0 Å². The van der Waals surface area contributed by atoms with Crippen molar-refractivity contribution >= 4 is 22.9 Å². The Kier molecular flexibility index (Phi) is 5.05. The Morgan fingerprint density at radius 3 is 2.68 bits per heavy atom. The molecule has 4 aromatic rings. The average Bonchev–Trinajstić information content (AvgIpc) is 3.37. The average molecular weight is 383 g/mol. The van der Waals surface area contributed by atoms with Gasteiger partial charge in [-0.3, -0.25) is 4.79 Å². The number of nitrogens with zero attached hydrogens (tertiary/aromatic N) is 2. The lowest BCUT2D eigenvalue weighted by Gasteiger charge is -2.07. The first kappa shape index (κ1) is 17.8. The molecule has 2 aromatic heterocycles. The highest BCUT2D eigenvalue weighted by Gasteiger charge is 2.15. The van der Waals surface area contributed by atoms with Crippen LogP contribution in [0, 0.1) is 18.8 Å². The first-order valence-electron chi connectivity index (χ1n) is 8.78. The smallest absolute Gasteiger partial charge is 0.259 e. The topological polar surface area (TPSA) is 46.9 Å². The number of nitrogens with one attached hydrogen (secondary N) is 1. The van der Waals surface area contributed by atoms with E-state index < -0.39 is 0 Å². The summed E-state index contributed by atoms with van der Waals surface area (Å²) in [6.07, 6.45) is 1.60. The maximum Gasteiger partial charge on any atom is 0.259 e. The van der Waals surface area contributed by atoms with Crippen molar-refractivity contribution < 1.29 is 4.79 Å². The van der Waals surface area contributed by atoms with Crippen molar-refractivity contribution in [2.24, 2.45) is 0 Å². The molecule has 0 saturated carbocycles. The largest absolute Gasteiger partial charge is 0.322 e. The van der Waals surface area contributed by atoms with Crippen LogP contribution in [0.1, 0.15) is 26.5 Å². The minimum atomic E-state index is -0.192. The fourth-order valence-corrected chi connectivity index (χ4v) is 3.39. The molecule has 2 aromatic carbocycles. The summed E-state index contributed by atoms with van der Waals surface area (Å²) in [5.74, 6) is 6.06. The molecular formula is C23H17N3OS. The molecule has 0 unspecified atom stereocenters. The van der Waals surface area contributed by atoms with E-state index in [-0.39, 0.29) is 5.91 Å². The second kappa shape index (κ2) is 7.95. The first-order chi connectivity index (χ1) is 13.7. The van der Waals surface area contributed by atoms with Gasteiger partial charge in [-0.15, -0.1) is 11.3 Å². The molecule has 5 heteroatoms. The number of thiophene rings is 1. The zero-order valence-electron chi connectivity index (χ0n) is 15.2. The van der Waals surface area contributed by atoms with Gasteiger partial charge in [-0.25, -0.2) is 4.68 Å². The fourth-order valence-electron chi connectivity index (χ4n) is 2.82. The van der Waals surface area contributed by atoms with E-state index in [1.165, 1.54) is 0 Å². The van der Waals surface area contributed by atoms with Crippen LogP contribution in [0.3, 0.4) is 0 Å². The molecule has 2 heterocycles. The predicted molar refractivity (Wildman–Crippen MR) is 113 cm³/mol. The maximum atomic E-state index is 12.7. The highest BCUT2D eigenvalue weighted by molar-refractivity contribution is 7.10. The Hall–Kier alpha value is -3.62. The maximum absolute atomic E-state index is 12.7. The van der Waals surface area contributed by atoms with Crippen molar-refractivity contribution in [3.05, 3.63) is 100 Å². The number of amides is 1. The Labute approximate surface area is 167 Å². The van der Waals surface area contributed by atoms with Crippen molar-refractivity contribution in [2.75, 3.05) is 5.32 Å². The zero-order valence-corrected chi connectivity index (χ0v) is 16.0. The molecule has 4 rings (SSSR count). The van der Waals surface area contributed by atoms with Gasteiger partial charge in [0, 0.05) is 11.3 Å². The number of benzene rings is 2. The summed E-state index contributed by atoms with van der Waals surface area (Å²) in [6.45, 7) is 1.89. The van der Waals surface area contributed by atoms with Crippen LogP contribution in [-0.2, 0) is 0 Å². The number of aromatic nitrogens is 2. The van der Waals surface area contributed by atoms with Crippen LogP contribution in [0.15, 0.2) is 78.3 Å². The van der Waals surface area contributed by atoms with Gasteiger partial charge in [0.1, 0.15) is 0 Å². The Morgan fingerprint density at radius 2 is 1.89 bits per heavy atom. The molecule has 136 valence electrons. The number of rotatable bonds is 3. The van der Waals surface area contributed by atoms with Crippen LogP contribution < -0.4 is 5.32 Å². The van der Waals surface area contributed by atoms with E-state index in [2.05, 4.69) is 22.3 Å². The van der Waals surface area contributed by atoms with E-state index in [4.69, 9.17) is 0 Å². The monoisotopic (exact) mass is 383 g/mol. The molecule has 0 aliphatic heterocycles. The van der Waals surface area contributed by atoms with Crippen LogP contribution in [0.4, 0.5) is 5.69 Å². The minimum absolute atomic E-state index is 0.192. The van der Waals surface area contributed by atoms with Crippen molar-refractivity contribution in [1.29, 1.82) is 0 Å². The molecule has 0 bridgehead atoms. The molecule has 28 heavy (non-hydrogen) atoms. The molecule has 0 fully saturated rings. The molecule has 0 spiro atoms. The standard InChI is InChI=1S/C23H17N3OS/c1-17-22(16-24-26(17)20-9-3-2-4-10-20)23(27)25-19-8-5-7-18(15-19)12-13-21-11-6-14-28-21/h2-11,14-16H,1H3,(H,25,27). The molecule has 4 nitrogen and oxygen atoms in total. The number of anilines is 1. The second-order valence-corrected chi connectivity index (χ2v) is 7.10. The first-order valence-corrected chi connectivity index (χ1v) is 9.66. The number of hydrogen-bond donors (Lipinski definition) is 1. The summed E-state index contributed by atoms with van der Waals surface area (Å²) in [5, 5.41) is 9.30. The van der Waals surface area contributed by atoms with E-state index in [1.54, 1.807) is 22.2 Å². The third-order valence-corrected chi connectivity index (χ3v) is 5.01. The highest BCUT2D eigenvalue weighted by atomic mass is 32.1. The Bertz CT molecular complexity index is 1170. The highest BCUT2D eigenvalue weighted by Crippen LogP contribution is 2.17. The summed E-state index contributed by atoms with van der Waals surface area (Å²) in [7, 11) is 0. The van der Waals surface area contributed by atoms with Gasteiger partial charge in [0.15, 0.2) is 0 Å². The third-order valence-electron chi connectivity index (χ3n) is 4.23. The van der Waals surface area contributed by atoms with Crippen LogP contribution in [-0.4, -0.2) is 15.7 Å². The fraction of sp³-hybridized carbons (Fsp3) is 0.0435. The van der Waals surface area contributed by atoms with E-state index in [0.29, 0.717) is 11.3 Å². The van der Waals surface area contributed by atoms with Gasteiger partial charge in [0.25, 0.3) is 5.91 Å². The molecule has 0 radical (unpaired) electrons. The summed E-state index contributed by atoms with van der Waals surface area (Å²) >= 11 is 1.60. The molecule has 0 saturated heterocycles. The van der Waals surface area contributed by atoms with Crippen molar-refractivity contribution in [1.82, 2.24) is 9.78 Å². The van der Waals surface area contributed by atoms with Gasteiger partial charge >= 0.3 is 0 Å². The molecule has 1 amide bonds. The lowest BCUT2D eigenvalue weighted by atomic mass is 10.2. The molecule has 0 aliphatic rings. The molecule has 1 N–H and O–H groups in total. The summed E-state index contributed by atoms with van der Waals surface area (Å²) in [6, 6.07) is 21.2. The van der Waals surface area contributed by atoms with Crippen molar-refractivity contribution in [2.45, 2.75) is 6.92 Å². The van der Waals surface area contributed by atoms with Gasteiger partial charge < -0.3 is 5.32 Å². The van der Waals surface area contributed by atoms with E-state index in [9.17, 15) is 4.79 Å². The number of para-hydroxylation sites is 1. The lowest BCUT2D eigenvalue weighted by molar-refractivity contribution is 0.102. The molecular weight excluding hydrogens is 366 g/mol. The summed E-state index contributed by atoms with van der Waals surface area (Å²) in [4.78, 5) is 13.7. The van der Waals surface area contributed by atoms with E-state index >= 15 is 0 Å². The number of carbonyl (C=O) groups is 1. The van der Waals surface area contributed by atoms with E-state index in [0.717, 1.165) is 21.8 Å². The number of hydrogen-bond acceptors (Lipinski definition) is 3.